The Bertz CT molecular complexity index is 969. The van der Waals surface area contributed by atoms with Crippen LogP contribution in [0.4, 0.5) is 0 Å². The van der Waals surface area contributed by atoms with E-state index in [1.807, 2.05) is 0 Å². The lowest BCUT2D eigenvalue weighted by Gasteiger charge is -2.49. The zero-order valence-electron chi connectivity index (χ0n) is 21.5. The van der Waals surface area contributed by atoms with E-state index in [9.17, 15) is 0 Å². The van der Waals surface area contributed by atoms with Crippen LogP contribution < -0.4 is 21.2 Å². The van der Waals surface area contributed by atoms with Gasteiger partial charge in [0, 0.05) is 0 Å². The van der Waals surface area contributed by atoms with Crippen LogP contribution >= 0.6 is 15.8 Å². The van der Waals surface area contributed by atoms with Crippen LogP contribution in [0.15, 0.2) is 121 Å². The molecule has 2 heteroatoms. The highest BCUT2D eigenvalue weighted by molar-refractivity contribution is 7.74. The largest absolute Gasteiger partial charge is 0.0648 e. The molecule has 0 radical (unpaired) electrons. The second-order valence-electron chi connectivity index (χ2n) is 9.37. The van der Waals surface area contributed by atoms with E-state index in [0.29, 0.717) is 11.3 Å². The summed E-state index contributed by atoms with van der Waals surface area (Å²) in [6.07, 6.45) is 2.37. The summed E-state index contributed by atoms with van der Waals surface area (Å²) in [4.78, 5) is 0. The summed E-state index contributed by atoms with van der Waals surface area (Å²) in [5.74, 6) is 0. The molecular formula is C33H38P2. The van der Waals surface area contributed by atoms with Crippen LogP contribution in [0.2, 0.25) is 0 Å². The van der Waals surface area contributed by atoms with Crippen molar-refractivity contribution in [2.45, 2.75) is 51.9 Å². The molecule has 2 atom stereocenters. The lowest BCUT2D eigenvalue weighted by Crippen LogP contribution is -2.45. The first-order chi connectivity index (χ1) is 17.1. The zero-order valence-corrected chi connectivity index (χ0v) is 23.3. The van der Waals surface area contributed by atoms with Crippen molar-refractivity contribution in [3.8, 4) is 0 Å². The van der Waals surface area contributed by atoms with Gasteiger partial charge in [-0.2, -0.15) is 0 Å². The number of rotatable bonds is 10. The Kier molecular flexibility index (Phi) is 8.94. The third-order valence-electron chi connectivity index (χ3n) is 7.89. The van der Waals surface area contributed by atoms with Gasteiger partial charge < -0.3 is 0 Å². The van der Waals surface area contributed by atoms with E-state index in [1.165, 1.54) is 34.1 Å². The fraction of sp³-hybridized carbons (Fsp3) is 0.273. The molecule has 180 valence electrons. The fourth-order valence-electron chi connectivity index (χ4n) is 5.84. The van der Waals surface area contributed by atoms with Crippen molar-refractivity contribution in [1.82, 2.24) is 0 Å². The van der Waals surface area contributed by atoms with Crippen LogP contribution in [0, 0.1) is 5.41 Å². The van der Waals surface area contributed by atoms with Crippen molar-refractivity contribution in [2.24, 2.45) is 5.41 Å². The SMILES string of the molecule is CCC(CC)(C(C)P(c1ccccc1)c1ccccc1)C(C)P(c1ccccc1)c1ccccc1. The third kappa shape index (κ3) is 5.45. The maximum absolute atomic E-state index is 2.55. The summed E-state index contributed by atoms with van der Waals surface area (Å²) in [5, 5.41) is 5.96. The van der Waals surface area contributed by atoms with Gasteiger partial charge in [-0.25, -0.2) is 0 Å². The molecule has 35 heavy (non-hydrogen) atoms. The molecule has 2 unspecified atom stereocenters. The van der Waals surface area contributed by atoms with Crippen molar-refractivity contribution in [3.05, 3.63) is 121 Å². The monoisotopic (exact) mass is 496 g/mol. The molecule has 4 aromatic rings. The van der Waals surface area contributed by atoms with E-state index < -0.39 is 15.8 Å². The Hall–Kier alpha value is -2.26. The summed E-state index contributed by atoms with van der Waals surface area (Å²) in [7, 11) is -0.993. The van der Waals surface area contributed by atoms with Crippen LogP contribution in [-0.4, -0.2) is 11.3 Å². The molecule has 0 nitrogen and oxygen atoms in total. The smallest absolute Gasteiger partial charge is 0.00946 e. The van der Waals surface area contributed by atoms with Gasteiger partial charge in [0.2, 0.25) is 0 Å². The van der Waals surface area contributed by atoms with E-state index in [2.05, 4.69) is 149 Å². The van der Waals surface area contributed by atoms with Gasteiger partial charge in [-0.15, -0.1) is 0 Å². The van der Waals surface area contributed by atoms with Crippen molar-refractivity contribution >= 4 is 37.1 Å². The molecular weight excluding hydrogens is 458 g/mol. The van der Waals surface area contributed by atoms with Crippen LogP contribution in [0.3, 0.4) is 0 Å². The van der Waals surface area contributed by atoms with Crippen LogP contribution in [0.25, 0.3) is 0 Å². The van der Waals surface area contributed by atoms with Gasteiger partial charge in [-0.1, -0.05) is 149 Å². The minimum atomic E-state index is -0.496. The van der Waals surface area contributed by atoms with Gasteiger partial charge in [-0.05, 0) is 66.6 Å². The zero-order chi connectivity index (χ0) is 24.7. The normalized spacial score (nSPS) is 13.7. The summed E-state index contributed by atoms with van der Waals surface area (Å²) in [5.41, 5.74) is 1.31. The standard InChI is InChI=1S/C33H38P2/c1-5-33(6-2,27(3)34(29-19-11-7-12-20-29)30-21-13-8-14-22-30)28(4)35(31-23-15-9-16-24-31)32-25-17-10-18-26-32/h7-28H,5-6H2,1-4H3. The topological polar surface area (TPSA) is 0 Å². The van der Waals surface area contributed by atoms with Gasteiger partial charge in [-0.3, -0.25) is 0 Å². The second-order valence-corrected chi connectivity index (χ2v) is 14.5. The van der Waals surface area contributed by atoms with Crippen molar-refractivity contribution < 1.29 is 0 Å². The summed E-state index contributed by atoms with van der Waals surface area (Å²) < 4.78 is 0. The predicted octanol–water partition coefficient (Wildman–Crippen LogP) is 7.84. The van der Waals surface area contributed by atoms with E-state index >= 15 is 0 Å². The number of hydrogen-bond acceptors (Lipinski definition) is 0. The summed E-state index contributed by atoms with van der Waals surface area (Å²) in [6.45, 7) is 9.98. The van der Waals surface area contributed by atoms with Crippen LogP contribution in [0.5, 0.6) is 0 Å². The Labute approximate surface area is 215 Å². The summed E-state index contributed by atoms with van der Waals surface area (Å²) in [6, 6.07) is 45.1. The molecule has 0 amide bonds. The number of benzene rings is 4. The molecule has 0 aliphatic heterocycles. The molecule has 0 fully saturated rings. The Morgan fingerprint density at radius 3 is 0.886 bits per heavy atom. The Morgan fingerprint density at radius 1 is 0.457 bits per heavy atom. The molecule has 0 N–H and O–H groups in total. The van der Waals surface area contributed by atoms with E-state index in [-0.39, 0.29) is 5.41 Å². The van der Waals surface area contributed by atoms with Gasteiger partial charge in [0.15, 0.2) is 0 Å². The lowest BCUT2D eigenvalue weighted by atomic mass is 9.76. The number of hydrogen-bond donors (Lipinski definition) is 0. The molecule has 0 saturated heterocycles. The maximum atomic E-state index is 2.55. The van der Waals surface area contributed by atoms with Gasteiger partial charge in [0.05, 0.1) is 0 Å². The van der Waals surface area contributed by atoms with Crippen molar-refractivity contribution in [2.75, 3.05) is 0 Å². The average Bonchev–Trinajstić information content (AvgIpc) is 2.92. The van der Waals surface area contributed by atoms with E-state index in [1.54, 1.807) is 0 Å². The predicted molar refractivity (Wildman–Crippen MR) is 160 cm³/mol. The van der Waals surface area contributed by atoms with Crippen molar-refractivity contribution in [1.29, 1.82) is 0 Å². The van der Waals surface area contributed by atoms with E-state index in [0.717, 1.165) is 0 Å². The molecule has 0 aliphatic rings. The Morgan fingerprint density at radius 2 is 0.686 bits per heavy atom. The lowest BCUT2D eigenvalue weighted by molar-refractivity contribution is 0.255. The minimum Gasteiger partial charge on any atom is -0.0648 e. The molecule has 0 aromatic heterocycles. The first-order valence-corrected chi connectivity index (χ1v) is 15.7. The molecule has 4 rings (SSSR count). The Balaban J connectivity index is 1.84. The highest BCUT2D eigenvalue weighted by atomic mass is 31.1. The quantitative estimate of drug-likeness (QED) is 0.196. The van der Waals surface area contributed by atoms with Gasteiger partial charge in [0.1, 0.15) is 0 Å². The maximum Gasteiger partial charge on any atom is -0.00946 e. The molecule has 0 heterocycles. The summed E-state index contributed by atoms with van der Waals surface area (Å²) >= 11 is 0. The third-order valence-corrected chi connectivity index (χ3v) is 13.9. The minimum absolute atomic E-state index is 0.217. The van der Waals surface area contributed by atoms with Crippen molar-refractivity contribution in [3.63, 3.8) is 0 Å². The fourth-order valence-corrected chi connectivity index (χ4v) is 12.5. The molecule has 4 aromatic carbocycles. The highest BCUT2D eigenvalue weighted by Crippen LogP contribution is 2.59. The first kappa shape index (κ1) is 25.8. The second kappa shape index (κ2) is 12.1. The molecule has 0 aliphatic carbocycles. The first-order valence-electron chi connectivity index (χ1n) is 12.9. The van der Waals surface area contributed by atoms with Gasteiger partial charge >= 0.3 is 0 Å². The van der Waals surface area contributed by atoms with Crippen LogP contribution in [0.1, 0.15) is 40.5 Å². The highest BCUT2D eigenvalue weighted by Gasteiger charge is 2.45. The molecule has 0 spiro atoms. The van der Waals surface area contributed by atoms with Crippen LogP contribution in [-0.2, 0) is 0 Å². The molecule has 0 saturated carbocycles. The average molecular weight is 497 g/mol. The van der Waals surface area contributed by atoms with Gasteiger partial charge in [0.25, 0.3) is 0 Å². The molecule has 0 bridgehead atoms. The van der Waals surface area contributed by atoms with E-state index in [4.69, 9.17) is 0 Å².